The summed E-state index contributed by atoms with van der Waals surface area (Å²) in [5.41, 5.74) is -0.915. The first kappa shape index (κ1) is 51.0. The molecule has 18 heteroatoms. The Hall–Kier alpha value is -4.97. The van der Waals surface area contributed by atoms with Crippen LogP contribution in [-0.4, -0.2) is 125 Å². The highest BCUT2D eigenvalue weighted by atomic mass is 16.6. The van der Waals surface area contributed by atoms with Crippen LogP contribution in [0.4, 0.5) is 0 Å². The first-order chi connectivity index (χ1) is 25.6. The van der Waals surface area contributed by atoms with Gasteiger partial charge in [-0.15, -0.1) is 0 Å². The van der Waals surface area contributed by atoms with E-state index in [1.165, 1.54) is 4.90 Å². The number of hydrogen-bond donors (Lipinski definition) is 6. The topological polar surface area (TPSA) is 275 Å². The standard InChI is InChI=1S/C24H38N4O6.C14H26N2O6/c1-15(2)13-17(26-23(33)34-24(3,4)5)20(30)21(31)25-14-18(29)27-19(22(32)28(6)7)16-11-9-8-10-12-16;1-8(2)6-9(16-13(21)22-14(3,4)5)11(19)12(20)15-7-10(17)18/h8-12,15,17,19-20,30H,13-14H2,1-7H3,(H,25,31)(H,26,33)(H,27,29);8-9,11,19H,6-7H2,1-5H3,(H,15,20)(H,16,21)(H,17,18)/p-2/t17-,19-,20?;9-,11?/m00/s1. The quantitative estimate of drug-likeness (QED) is 0.0888. The Morgan fingerprint density at radius 3 is 1.46 bits per heavy atom. The molecular weight excluding hydrogens is 732 g/mol. The summed E-state index contributed by atoms with van der Waals surface area (Å²) in [5.74, 6) is -3.83. The van der Waals surface area contributed by atoms with Crippen LogP contribution in [-0.2, 0) is 33.4 Å². The fourth-order valence-corrected chi connectivity index (χ4v) is 4.61. The lowest BCUT2D eigenvalue weighted by molar-refractivity contribution is -0.262. The number of aliphatic imine (C=N–C) groups is 2. The Morgan fingerprint density at radius 1 is 0.732 bits per heavy atom. The van der Waals surface area contributed by atoms with Gasteiger partial charge in [-0.25, -0.2) is 0 Å². The third kappa shape index (κ3) is 22.4. The second-order valence-corrected chi connectivity index (χ2v) is 16.0. The molecule has 0 heterocycles. The van der Waals surface area contributed by atoms with E-state index >= 15 is 0 Å². The number of carbonyl (C=O) groups is 5. The number of carbonyl (C=O) groups excluding carboxylic acids is 4. The smallest absolute Gasteiger partial charge is 0.322 e. The number of ether oxygens (including phenoxy) is 2. The minimum Gasteiger partial charge on any atom is -0.595 e. The van der Waals surface area contributed by atoms with Crippen LogP contribution >= 0.6 is 0 Å². The van der Waals surface area contributed by atoms with E-state index in [9.17, 15) is 44.4 Å². The van der Waals surface area contributed by atoms with Crippen molar-refractivity contribution >= 4 is 41.8 Å². The van der Waals surface area contributed by atoms with E-state index in [2.05, 4.69) is 25.9 Å². The van der Waals surface area contributed by atoms with Crippen LogP contribution in [0.3, 0.4) is 0 Å². The van der Waals surface area contributed by atoms with Gasteiger partial charge >= 0.3 is 5.97 Å². The molecule has 0 fully saturated rings. The van der Waals surface area contributed by atoms with Gasteiger partial charge in [0.25, 0.3) is 11.8 Å². The van der Waals surface area contributed by atoms with Gasteiger partial charge in [-0.2, -0.15) is 0 Å². The van der Waals surface area contributed by atoms with Crippen LogP contribution in [0, 0.1) is 11.8 Å². The van der Waals surface area contributed by atoms with Crippen LogP contribution in [0.15, 0.2) is 40.3 Å². The molecule has 0 bridgehead atoms. The van der Waals surface area contributed by atoms with Crippen LogP contribution in [0.5, 0.6) is 0 Å². The van der Waals surface area contributed by atoms with E-state index < -0.39 is 90.5 Å². The number of carboxylic acids is 1. The Labute approximate surface area is 329 Å². The summed E-state index contributed by atoms with van der Waals surface area (Å²) in [4.78, 5) is 68.6. The summed E-state index contributed by atoms with van der Waals surface area (Å²) in [6, 6.07) is 5.75. The molecule has 1 aromatic rings. The first-order valence-corrected chi connectivity index (χ1v) is 18.2. The van der Waals surface area contributed by atoms with E-state index in [1.807, 2.05) is 27.7 Å². The van der Waals surface area contributed by atoms with E-state index in [1.54, 1.807) is 86.0 Å². The molecule has 56 heavy (non-hydrogen) atoms. The Kier molecular flexibility index (Phi) is 21.7. The molecule has 0 aliphatic rings. The highest BCUT2D eigenvalue weighted by Gasteiger charge is 2.29. The van der Waals surface area contributed by atoms with E-state index in [-0.39, 0.29) is 30.6 Å². The average molecular weight is 795 g/mol. The maximum absolute atomic E-state index is 12.5. The minimum absolute atomic E-state index is 0.0330. The molecule has 1 aromatic carbocycles. The lowest BCUT2D eigenvalue weighted by Crippen LogP contribution is -2.48. The number of carboxylic acid groups (broad SMARTS) is 1. The number of hydrogen-bond acceptors (Lipinski definition) is 13. The summed E-state index contributed by atoms with van der Waals surface area (Å²) in [6.45, 7) is 16.4. The highest BCUT2D eigenvalue weighted by Crippen LogP contribution is 2.17. The van der Waals surface area contributed by atoms with Gasteiger partial charge in [-0.3, -0.25) is 34.0 Å². The number of nitrogens with one attached hydrogen (secondary N) is 3. The third-order valence-electron chi connectivity index (χ3n) is 6.98. The normalized spacial score (nSPS) is 14.9. The van der Waals surface area contributed by atoms with Crippen molar-refractivity contribution < 1.29 is 59.0 Å². The molecule has 318 valence electrons. The van der Waals surface area contributed by atoms with Gasteiger partial charge in [0.05, 0.1) is 18.6 Å². The number of benzene rings is 1. The highest BCUT2D eigenvalue weighted by molar-refractivity contribution is 5.91. The molecule has 0 spiro atoms. The third-order valence-corrected chi connectivity index (χ3v) is 6.98. The molecule has 0 aliphatic heterocycles. The first-order valence-electron chi connectivity index (χ1n) is 18.2. The molecule has 1 rings (SSSR count). The van der Waals surface area contributed by atoms with Gasteiger partial charge < -0.3 is 55.9 Å². The number of rotatable bonds is 17. The van der Waals surface area contributed by atoms with Gasteiger partial charge in [0.2, 0.25) is 11.8 Å². The number of amides is 4. The van der Waals surface area contributed by atoms with Crippen molar-refractivity contribution in [3.8, 4) is 0 Å². The summed E-state index contributed by atoms with van der Waals surface area (Å²) < 4.78 is 10.2. The molecule has 5 atom stereocenters. The van der Waals surface area contributed by atoms with Gasteiger partial charge in [0.15, 0.2) is 12.2 Å². The number of aliphatic hydroxyl groups is 2. The molecule has 4 amide bonds. The van der Waals surface area contributed by atoms with Gasteiger partial charge in [0.1, 0.15) is 24.8 Å². The number of likely N-dealkylation sites (N-methyl/N-ethyl adjacent to an activating group) is 1. The van der Waals surface area contributed by atoms with Crippen molar-refractivity contribution in [1.29, 1.82) is 0 Å². The molecule has 6 N–H and O–H groups in total. The van der Waals surface area contributed by atoms with E-state index in [4.69, 9.17) is 14.6 Å². The molecule has 2 unspecified atom stereocenters. The summed E-state index contributed by atoms with van der Waals surface area (Å²) in [6.07, 6.45) is -4.49. The molecule has 0 saturated carbocycles. The van der Waals surface area contributed by atoms with Crippen molar-refractivity contribution in [3.05, 3.63) is 35.9 Å². The lowest BCUT2D eigenvalue weighted by atomic mass is 9.99. The second kappa shape index (κ2) is 23.8. The van der Waals surface area contributed by atoms with Crippen LogP contribution in [0.1, 0.15) is 93.7 Å². The summed E-state index contributed by atoms with van der Waals surface area (Å²) in [7, 11) is 3.15. The fraction of sp³-hybridized carbons (Fsp3) is 0.658. The summed E-state index contributed by atoms with van der Waals surface area (Å²) >= 11 is 0. The monoisotopic (exact) mass is 794 g/mol. The maximum atomic E-state index is 12.5. The number of aliphatic hydroxyl groups excluding tert-OH is 2. The molecule has 0 aromatic heterocycles. The van der Waals surface area contributed by atoms with Crippen LogP contribution in [0.25, 0.3) is 0 Å². The number of nitrogens with zero attached hydrogens (tertiary/aromatic N) is 3. The Morgan fingerprint density at radius 2 is 1.12 bits per heavy atom. The van der Waals surface area contributed by atoms with Gasteiger partial charge in [-0.05, 0) is 30.2 Å². The zero-order chi connectivity index (χ0) is 43.6. The SMILES string of the molecule is CC(C)C[C@H](N=C([O-])OC(C)(C)C)C(O)C(=O)NCC(=O)N[C@H](C(=O)N(C)C)c1ccccc1.CC(C)C[C@H](N=C([O-])OC(C)(C)C)C(O)C(=O)NCC(=O)O. The number of aliphatic carboxylic acids is 1. The summed E-state index contributed by atoms with van der Waals surface area (Å²) in [5, 5.41) is 59.8. The fourth-order valence-electron chi connectivity index (χ4n) is 4.61. The predicted octanol–water partition coefficient (Wildman–Crippen LogP) is -0.150. The maximum Gasteiger partial charge on any atom is 0.322 e. The van der Waals surface area contributed by atoms with Gasteiger partial charge in [0, 0.05) is 25.3 Å². The molecule has 18 nitrogen and oxygen atoms in total. The molecule has 0 saturated heterocycles. The molecular formula is C38H62N6O12-2. The molecule has 0 aliphatic carbocycles. The van der Waals surface area contributed by atoms with Crippen LogP contribution in [0.2, 0.25) is 0 Å². The van der Waals surface area contributed by atoms with Crippen molar-refractivity contribution in [1.82, 2.24) is 20.9 Å². The Balaban J connectivity index is 0.00000119. The lowest BCUT2D eigenvalue weighted by Gasteiger charge is -2.31. The van der Waals surface area contributed by atoms with E-state index in [0.29, 0.717) is 5.56 Å². The Bertz CT molecular complexity index is 1470. The second-order valence-electron chi connectivity index (χ2n) is 16.0. The predicted molar refractivity (Wildman–Crippen MR) is 205 cm³/mol. The van der Waals surface area contributed by atoms with Crippen molar-refractivity contribution in [2.24, 2.45) is 21.8 Å². The van der Waals surface area contributed by atoms with E-state index in [0.717, 1.165) is 0 Å². The van der Waals surface area contributed by atoms with Crippen molar-refractivity contribution in [2.45, 2.75) is 124 Å². The zero-order valence-electron chi connectivity index (χ0n) is 34.6. The zero-order valence-corrected chi connectivity index (χ0v) is 34.6. The van der Waals surface area contributed by atoms with Crippen LogP contribution < -0.4 is 26.2 Å². The van der Waals surface area contributed by atoms with Crippen molar-refractivity contribution in [3.63, 3.8) is 0 Å². The average Bonchev–Trinajstić information content (AvgIpc) is 3.05. The molecule has 0 radical (unpaired) electrons. The largest absolute Gasteiger partial charge is 0.595 e. The van der Waals surface area contributed by atoms with Gasteiger partial charge in [-0.1, -0.05) is 99.6 Å². The minimum atomic E-state index is -1.66. The van der Waals surface area contributed by atoms with Crippen molar-refractivity contribution in [2.75, 3.05) is 27.2 Å².